The number of fused-ring (bicyclic) bond motifs is 1. The minimum atomic E-state index is -0.428. The van der Waals surface area contributed by atoms with Gasteiger partial charge in [-0.1, -0.05) is 12.1 Å². The first-order valence-corrected chi connectivity index (χ1v) is 9.29. The number of nitrogens with zero attached hydrogens (tertiary/aromatic N) is 1. The van der Waals surface area contributed by atoms with Gasteiger partial charge in [-0.05, 0) is 55.7 Å². The molecule has 140 valence electrons. The van der Waals surface area contributed by atoms with Gasteiger partial charge < -0.3 is 14.5 Å². The summed E-state index contributed by atoms with van der Waals surface area (Å²) in [7, 11) is 1.63. The molecular formula is C20H20N2O4S. The fourth-order valence-electron chi connectivity index (χ4n) is 2.81. The van der Waals surface area contributed by atoms with E-state index in [2.05, 4.69) is 9.97 Å². The van der Waals surface area contributed by atoms with E-state index in [0.717, 1.165) is 16.9 Å². The van der Waals surface area contributed by atoms with E-state index in [-0.39, 0.29) is 12.2 Å². The monoisotopic (exact) mass is 384 g/mol. The molecule has 0 aliphatic heterocycles. The summed E-state index contributed by atoms with van der Waals surface area (Å²) in [6, 6.07) is 5.80. The number of aromatic nitrogens is 2. The SMILES string of the molecule is CCOC(=O)c1sc2nc(/C=C/c3ccc(OC)c(C)c3)[nH]c(=O)c2c1C. The average molecular weight is 384 g/mol. The summed E-state index contributed by atoms with van der Waals surface area (Å²) in [6.45, 7) is 5.73. The molecule has 2 aromatic heterocycles. The van der Waals surface area contributed by atoms with Gasteiger partial charge in [0.15, 0.2) is 0 Å². The van der Waals surface area contributed by atoms with Gasteiger partial charge in [0.2, 0.25) is 0 Å². The molecule has 0 radical (unpaired) electrons. The third-order valence-corrected chi connectivity index (χ3v) is 5.30. The van der Waals surface area contributed by atoms with Crippen LogP contribution in [0, 0.1) is 13.8 Å². The molecule has 7 heteroatoms. The molecule has 6 nitrogen and oxygen atoms in total. The highest BCUT2D eigenvalue weighted by Gasteiger charge is 2.19. The molecular weight excluding hydrogens is 364 g/mol. The fraction of sp³-hybridized carbons (Fsp3) is 0.250. The van der Waals surface area contributed by atoms with Gasteiger partial charge in [-0.25, -0.2) is 9.78 Å². The highest BCUT2D eigenvalue weighted by atomic mass is 32.1. The van der Waals surface area contributed by atoms with Gasteiger partial charge in [-0.15, -0.1) is 11.3 Å². The molecule has 1 aromatic carbocycles. The predicted octanol–water partition coefficient (Wildman–Crippen LogP) is 3.96. The summed E-state index contributed by atoms with van der Waals surface area (Å²) < 4.78 is 10.3. The number of rotatable bonds is 5. The number of carbonyl (C=O) groups excluding carboxylic acids is 1. The second-order valence-corrected chi connectivity index (χ2v) is 6.97. The first-order chi connectivity index (χ1) is 12.9. The van der Waals surface area contributed by atoms with Crippen molar-refractivity contribution in [3.8, 4) is 5.75 Å². The van der Waals surface area contributed by atoms with Crippen LogP contribution >= 0.6 is 11.3 Å². The lowest BCUT2D eigenvalue weighted by Crippen LogP contribution is -2.10. The number of carbonyl (C=O) groups is 1. The van der Waals surface area contributed by atoms with Gasteiger partial charge in [-0.2, -0.15) is 0 Å². The Kier molecular flexibility index (Phi) is 5.41. The molecule has 0 saturated heterocycles. The highest BCUT2D eigenvalue weighted by Crippen LogP contribution is 2.28. The molecule has 0 unspecified atom stereocenters. The van der Waals surface area contributed by atoms with Crippen molar-refractivity contribution in [3.63, 3.8) is 0 Å². The fourth-order valence-corrected chi connectivity index (χ4v) is 3.89. The Hall–Kier alpha value is -2.93. The van der Waals surface area contributed by atoms with E-state index < -0.39 is 5.97 Å². The Balaban J connectivity index is 1.97. The maximum atomic E-state index is 12.5. The molecule has 0 bridgehead atoms. The van der Waals surface area contributed by atoms with Crippen LogP contribution < -0.4 is 10.3 Å². The number of aromatic amines is 1. The van der Waals surface area contributed by atoms with Crippen LogP contribution in [0.25, 0.3) is 22.4 Å². The molecule has 0 aliphatic carbocycles. The zero-order valence-electron chi connectivity index (χ0n) is 15.6. The predicted molar refractivity (Wildman–Crippen MR) is 108 cm³/mol. The number of methoxy groups -OCH3 is 1. The van der Waals surface area contributed by atoms with Crippen molar-refractivity contribution in [2.24, 2.45) is 0 Å². The van der Waals surface area contributed by atoms with Gasteiger partial charge in [0.25, 0.3) is 5.56 Å². The number of H-pyrrole nitrogens is 1. The van der Waals surface area contributed by atoms with Crippen LogP contribution in [0.15, 0.2) is 23.0 Å². The molecule has 0 amide bonds. The topological polar surface area (TPSA) is 81.3 Å². The van der Waals surface area contributed by atoms with Crippen LogP contribution in [0.3, 0.4) is 0 Å². The smallest absolute Gasteiger partial charge is 0.348 e. The lowest BCUT2D eigenvalue weighted by Gasteiger charge is -2.04. The summed E-state index contributed by atoms with van der Waals surface area (Å²) >= 11 is 1.17. The molecule has 3 rings (SSSR count). The van der Waals surface area contributed by atoms with Crippen LogP contribution in [0.1, 0.15) is 39.1 Å². The summed E-state index contributed by atoms with van der Waals surface area (Å²) in [5.74, 6) is 0.821. The molecule has 0 aliphatic rings. The summed E-state index contributed by atoms with van der Waals surface area (Å²) in [5, 5.41) is 0.431. The Labute approximate surface area is 160 Å². The van der Waals surface area contributed by atoms with Crippen LogP contribution in [0.2, 0.25) is 0 Å². The first kappa shape index (κ1) is 18.8. The molecule has 27 heavy (non-hydrogen) atoms. The lowest BCUT2D eigenvalue weighted by atomic mass is 10.1. The molecule has 2 heterocycles. The van der Waals surface area contributed by atoms with Crippen molar-refractivity contribution in [2.75, 3.05) is 13.7 Å². The summed E-state index contributed by atoms with van der Waals surface area (Å²) in [5.41, 5.74) is 2.31. The van der Waals surface area contributed by atoms with E-state index in [9.17, 15) is 9.59 Å². The average Bonchev–Trinajstić information content (AvgIpc) is 2.97. The standard InChI is InChI=1S/C20H20N2O4S/c1-5-26-20(24)17-12(3)16-18(23)21-15(22-19(16)27-17)9-7-13-6-8-14(25-4)11(2)10-13/h6-10H,5H2,1-4H3,(H,21,22,23)/b9-7+. The highest BCUT2D eigenvalue weighted by molar-refractivity contribution is 7.20. The van der Waals surface area contributed by atoms with E-state index in [0.29, 0.717) is 26.5 Å². The zero-order chi connectivity index (χ0) is 19.6. The van der Waals surface area contributed by atoms with E-state index in [1.54, 1.807) is 27.0 Å². The minimum Gasteiger partial charge on any atom is -0.496 e. The van der Waals surface area contributed by atoms with Crippen molar-refractivity contribution in [2.45, 2.75) is 20.8 Å². The molecule has 0 spiro atoms. The van der Waals surface area contributed by atoms with Gasteiger partial charge in [-0.3, -0.25) is 4.79 Å². The van der Waals surface area contributed by atoms with Crippen molar-refractivity contribution in [1.29, 1.82) is 0 Å². The van der Waals surface area contributed by atoms with Gasteiger partial charge in [0.1, 0.15) is 21.3 Å². The van der Waals surface area contributed by atoms with Crippen molar-refractivity contribution in [1.82, 2.24) is 9.97 Å². The van der Waals surface area contributed by atoms with Crippen LogP contribution in [-0.2, 0) is 4.74 Å². The van der Waals surface area contributed by atoms with E-state index in [1.807, 2.05) is 31.2 Å². The first-order valence-electron chi connectivity index (χ1n) is 8.47. The number of aryl methyl sites for hydroxylation is 2. The third kappa shape index (κ3) is 3.78. The Morgan fingerprint density at radius 1 is 1.30 bits per heavy atom. The number of benzene rings is 1. The maximum absolute atomic E-state index is 12.5. The summed E-state index contributed by atoms with van der Waals surface area (Å²) in [4.78, 5) is 32.7. The second-order valence-electron chi connectivity index (χ2n) is 5.97. The van der Waals surface area contributed by atoms with Gasteiger partial charge in [0.05, 0.1) is 19.1 Å². The van der Waals surface area contributed by atoms with Crippen molar-refractivity contribution >= 4 is 39.7 Å². The minimum absolute atomic E-state index is 0.269. The Morgan fingerprint density at radius 3 is 2.74 bits per heavy atom. The van der Waals surface area contributed by atoms with E-state index in [1.165, 1.54) is 11.3 Å². The number of esters is 1. The number of ether oxygens (including phenoxy) is 2. The third-order valence-electron chi connectivity index (χ3n) is 4.13. The lowest BCUT2D eigenvalue weighted by molar-refractivity contribution is 0.0531. The maximum Gasteiger partial charge on any atom is 0.348 e. The normalized spacial score (nSPS) is 11.3. The quantitative estimate of drug-likeness (QED) is 0.674. The molecule has 0 saturated carbocycles. The molecule has 0 fully saturated rings. The summed E-state index contributed by atoms with van der Waals surface area (Å²) in [6.07, 6.45) is 3.60. The number of hydrogen-bond acceptors (Lipinski definition) is 6. The van der Waals surface area contributed by atoms with E-state index in [4.69, 9.17) is 9.47 Å². The van der Waals surface area contributed by atoms with Crippen LogP contribution in [0.4, 0.5) is 0 Å². The second kappa shape index (κ2) is 7.75. The van der Waals surface area contributed by atoms with Gasteiger partial charge >= 0.3 is 5.97 Å². The van der Waals surface area contributed by atoms with Gasteiger partial charge in [0, 0.05) is 0 Å². The van der Waals surface area contributed by atoms with Crippen molar-refractivity contribution < 1.29 is 14.3 Å². The zero-order valence-corrected chi connectivity index (χ0v) is 16.4. The molecule has 3 aromatic rings. The Bertz CT molecular complexity index is 1100. The van der Waals surface area contributed by atoms with Crippen LogP contribution in [0.5, 0.6) is 5.75 Å². The van der Waals surface area contributed by atoms with Crippen molar-refractivity contribution in [3.05, 3.63) is 55.9 Å². The Morgan fingerprint density at radius 2 is 2.07 bits per heavy atom. The van der Waals surface area contributed by atoms with E-state index >= 15 is 0 Å². The number of hydrogen-bond donors (Lipinski definition) is 1. The largest absolute Gasteiger partial charge is 0.496 e. The molecule has 0 atom stereocenters. The van der Waals surface area contributed by atoms with Crippen LogP contribution in [-0.4, -0.2) is 29.7 Å². The number of nitrogens with one attached hydrogen (secondary N) is 1. The number of thiophene rings is 1. The molecule has 1 N–H and O–H groups in total.